The molecule has 0 N–H and O–H groups in total. The van der Waals surface area contributed by atoms with Crippen LogP contribution in [-0.2, 0) is 0 Å². The average Bonchev–Trinajstić information content (AvgIpc) is 2.65. The van der Waals surface area contributed by atoms with Crippen molar-refractivity contribution in [2.24, 2.45) is 0 Å². The molecule has 0 aliphatic rings. The van der Waals surface area contributed by atoms with Crippen LogP contribution in [0.25, 0.3) is 11.0 Å². The van der Waals surface area contributed by atoms with Crippen molar-refractivity contribution in [1.29, 1.82) is 5.26 Å². The van der Waals surface area contributed by atoms with Gasteiger partial charge in [-0.25, -0.2) is 0 Å². The van der Waals surface area contributed by atoms with Crippen LogP contribution in [0.4, 0.5) is 0 Å². The molecule has 0 saturated heterocycles. The summed E-state index contributed by atoms with van der Waals surface area (Å²) >= 11 is 3.54. The number of hydrogen-bond donors (Lipinski definition) is 0. The second-order valence-electron chi connectivity index (χ2n) is 5.14. The van der Waals surface area contributed by atoms with Crippen molar-refractivity contribution in [3.63, 3.8) is 0 Å². The zero-order valence-corrected chi connectivity index (χ0v) is 12.6. The van der Waals surface area contributed by atoms with E-state index in [1.54, 1.807) is 0 Å². The van der Waals surface area contributed by atoms with E-state index in [2.05, 4.69) is 55.8 Å². The van der Waals surface area contributed by atoms with Crippen LogP contribution in [-0.4, -0.2) is 0 Å². The molecular formula is C15H16BrNO. The van der Waals surface area contributed by atoms with Crippen LogP contribution in [0, 0.1) is 11.3 Å². The Bertz CT molecular complexity index is 632. The van der Waals surface area contributed by atoms with Gasteiger partial charge in [0.1, 0.15) is 11.7 Å². The summed E-state index contributed by atoms with van der Waals surface area (Å²) in [4.78, 5) is 0. The molecule has 0 unspecified atom stereocenters. The Balaban J connectivity index is 2.89. The van der Waals surface area contributed by atoms with E-state index in [4.69, 9.17) is 4.42 Å². The fourth-order valence-electron chi connectivity index (χ4n) is 2.29. The summed E-state index contributed by atoms with van der Waals surface area (Å²) in [7, 11) is 0. The molecule has 0 spiro atoms. The predicted octanol–water partition coefficient (Wildman–Crippen LogP) is 5.31. The van der Waals surface area contributed by atoms with E-state index in [9.17, 15) is 5.26 Å². The molecule has 0 aliphatic heterocycles. The van der Waals surface area contributed by atoms with Crippen molar-refractivity contribution in [2.75, 3.05) is 0 Å². The molecular weight excluding hydrogens is 290 g/mol. The summed E-state index contributed by atoms with van der Waals surface area (Å²) in [5.74, 6) is 1.08. The number of hydrogen-bond acceptors (Lipinski definition) is 2. The van der Waals surface area contributed by atoms with Gasteiger partial charge in [-0.2, -0.15) is 5.26 Å². The quantitative estimate of drug-likeness (QED) is 0.753. The minimum absolute atomic E-state index is 0.273. The molecule has 2 nitrogen and oxygen atoms in total. The Morgan fingerprint density at radius 3 is 2.33 bits per heavy atom. The minimum atomic E-state index is 0.273. The third-order valence-electron chi connectivity index (χ3n) is 3.12. The highest BCUT2D eigenvalue weighted by Crippen LogP contribution is 2.37. The molecule has 0 bridgehead atoms. The third kappa shape index (κ3) is 2.06. The number of nitriles is 1. The standard InChI is InChI=1S/C15H16BrNO/c1-8(2)11-5-10(16)6-12-14(9(3)4)13(7-17)18-15(11)12/h5-6,8-9H,1-4H3. The first kappa shape index (κ1) is 13.2. The predicted molar refractivity (Wildman–Crippen MR) is 76.8 cm³/mol. The number of rotatable bonds is 2. The van der Waals surface area contributed by atoms with E-state index in [-0.39, 0.29) is 5.92 Å². The number of fused-ring (bicyclic) bond motifs is 1. The normalized spacial score (nSPS) is 11.4. The molecule has 2 rings (SSSR count). The third-order valence-corrected chi connectivity index (χ3v) is 3.58. The number of halogens is 1. The molecule has 2 aromatic rings. The van der Waals surface area contributed by atoms with Crippen LogP contribution in [0.1, 0.15) is 56.4 Å². The van der Waals surface area contributed by atoms with Gasteiger partial charge in [-0.05, 0) is 29.5 Å². The van der Waals surface area contributed by atoms with Gasteiger partial charge in [0, 0.05) is 15.4 Å². The van der Waals surface area contributed by atoms with E-state index in [0.29, 0.717) is 11.7 Å². The molecule has 3 heteroatoms. The molecule has 0 atom stereocenters. The highest BCUT2D eigenvalue weighted by molar-refractivity contribution is 9.10. The zero-order chi connectivity index (χ0) is 13.4. The first-order valence-corrected chi connectivity index (χ1v) is 6.91. The van der Waals surface area contributed by atoms with Crippen molar-refractivity contribution in [1.82, 2.24) is 0 Å². The van der Waals surface area contributed by atoms with Gasteiger partial charge in [0.25, 0.3) is 0 Å². The van der Waals surface area contributed by atoms with Crippen molar-refractivity contribution >= 4 is 26.9 Å². The molecule has 1 aromatic carbocycles. The van der Waals surface area contributed by atoms with Crippen LogP contribution in [0.5, 0.6) is 0 Å². The molecule has 18 heavy (non-hydrogen) atoms. The van der Waals surface area contributed by atoms with Gasteiger partial charge in [0.15, 0.2) is 0 Å². The summed E-state index contributed by atoms with van der Waals surface area (Å²) < 4.78 is 6.81. The summed E-state index contributed by atoms with van der Waals surface area (Å²) in [6.45, 7) is 8.43. The number of nitrogens with zero attached hydrogens (tertiary/aromatic N) is 1. The molecule has 0 saturated carbocycles. The SMILES string of the molecule is CC(C)c1c(C#N)oc2c(C(C)C)cc(Br)cc12. The Morgan fingerprint density at radius 1 is 1.17 bits per heavy atom. The van der Waals surface area contributed by atoms with Crippen molar-refractivity contribution < 1.29 is 4.42 Å². The Labute approximate surface area is 116 Å². The maximum Gasteiger partial charge on any atom is 0.208 e. The van der Waals surface area contributed by atoms with Gasteiger partial charge in [0.05, 0.1) is 0 Å². The van der Waals surface area contributed by atoms with E-state index in [1.807, 2.05) is 6.07 Å². The summed E-state index contributed by atoms with van der Waals surface area (Å²) in [6.07, 6.45) is 0. The van der Waals surface area contributed by atoms with Crippen LogP contribution < -0.4 is 0 Å². The number of furan rings is 1. The molecule has 1 aromatic heterocycles. The van der Waals surface area contributed by atoms with Gasteiger partial charge in [-0.1, -0.05) is 43.6 Å². The van der Waals surface area contributed by atoms with Crippen LogP contribution in [0.2, 0.25) is 0 Å². The van der Waals surface area contributed by atoms with E-state index >= 15 is 0 Å². The van der Waals surface area contributed by atoms with Gasteiger partial charge in [0.2, 0.25) is 5.76 Å². The fraction of sp³-hybridized carbons (Fsp3) is 0.400. The average molecular weight is 306 g/mol. The van der Waals surface area contributed by atoms with E-state index in [0.717, 1.165) is 26.6 Å². The van der Waals surface area contributed by atoms with Crippen molar-refractivity contribution in [3.8, 4) is 6.07 Å². The first-order chi connectivity index (χ1) is 8.45. The summed E-state index contributed by atoms with van der Waals surface area (Å²) in [5.41, 5.74) is 3.01. The van der Waals surface area contributed by atoms with Gasteiger partial charge in [-0.3, -0.25) is 0 Å². The Kier molecular flexibility index (Phi) is 3.49. The zero-order valence-electron chi connectivity index (χ0n) is 11.0. The van der Waals surface area contributed by atoms with Crippen molar-refractivity contribution in [2.45, 2.75) is 39.5 Å². The Hall–Kier alpha value is -1.27. The highest BCUT2D eigenvalue weighted by atomic mass is 79.9. The lowest BCUT2D eigenvalue weighted by atomic mass is 9.95. The molecule has 94 valence electrons. The summed E-state index contributed by atoms with van der Waals surface area (Å²) in [5, 5.41) is 10.3. The lowest BCUT2D eigenvalue weighted by Gasteiger charge is -2.08. The van der Waals surface area contributed by atoms with Crippen LogP contribution in [0.15, 0.2) is 21.0 Å². The van der Waals surface area contributed by atoms with Crippen molar-refractivity contribution in [3.05, 3.63) is 33.5 Å². The monoisotopic (exact) mass is 305 g/mol. The molecule has 0 fully saturated rings. The highest BCUT2D eigenvalue weighted by Gasteiger charge is 2.20. The lowest BCUT2D eigenvalue weighted by molar-refractivity contribution is 0.582. The molecule has 0 radical (unpaired) electrons. The van der Waals surface area contributed by atoms with Gasteiger partial charge >= 0.3 is 0 Å². The second kappa shape index (κ2) is 4.78. The van der Waals surface area contributed by atoms with E-state index < -0.39 is 0 Å². The molecule has 0 aliphatic carbocycles. The fourth-order valence-corrected chi connectivity index (χ4v) is 2.77. The topological polar surface area (TPSA) is 36.9 Å². The first-order valence-electron chi connectivity index (χ1n) is 6.11. The molecule has 0 amide bonds. The van der Waals surface area contributed by atoms with Gasteiger partial charge in [-0.15, -0.1) is 0 Å². The summed E-state index contributed by atoms with van der Waals surface area (Å²) in [6, 6.07) is 6.28. The van der Waals surface area contributed by atoms with Crippen LogP contribution in [0.3, 0.4) is 0 Å². The Morgan fingerprint density at radius 2 is 1.83 bits per heavy atom. The lowest BCUT2D eigenvalue weighted by Crippen LogP contribution is -1.91. The largest absolute Gasteiger partial charge is 0.445 e. The van der Waals surface area contributed by atoms with Gasteiger partial charge < -0.3 is 4.42 Å². The maximum atomic E-state index is 9.21. The minimum Gasteiger partial charge on any atom is -0.445 e. The maximum absolute atomic E-state index is 9.21. The second-order valence-corrected chi connectivity index (χ2v) is 6.05. The smallest absolute Gasteiger partial charge is 0.208 e. The van der Waals surface area contributed by atoms with E-state index in [1.165, 1.54) is 0 Å². The molecule has 1 heterocycles. The van der Waals surface area contributed by atoms with Crippen LogP contribution >= 0.6 is 15.9 Å². The number of benzene rings is 1.